The van der Waals surface area contributed by atoms with Crippen LogP contribution in [0.2, 0.25) is 0 Å². The fraction of sp³-hybridized carbons (Fsp3) is 0.636. The van der Waals surface area contributed by atoms with E-state index in [4.69, 9.17) is 17.0 Å². The number of hydrogen-bond donors (Lipinski definition) is 1. The van der Waals surface area contributed by atoms with E-state index >= 15 is 0 Å². The number of ether oxygens (including phenoxy) is 1. The van der Waals surface area contributed by atoms with Crippen molar-refractivity contribution >= 4 is 12.2 Å². The van der Waals surface area contributed by atoms with Crippen molar-refractivity contribution in [3.63, 3.8) is 0 Å². The van der Waals surface area contributed by atoms with Crippen molar-refractivity contribution in [1.29, 1.82) is 0 Å². The molecule has 1 aliphatic rings. The van der Waals surface area contributed by atoms with Gasteiger partial charge in [-0.1, -0.05) is 12.2 Å². The van der Waals surface area contributed by atoms with E-state index in [0.29, 0.717) is 10.6 Å². The largest absolute Gasteiger partial charge is 0.385 e. The first-order valence-electron chi connectivity index (χ1n) is 5.38. The zero-order valence-electron chi connectivity index (χ0n) is 8.95. The molecule has 0 aliphatic heterocycles. The third-order valence-electron chi connectivity index (χ3n) is 2.59. The second-order valence-electron chi connectivity index (χ2n) is 3.99. The van der Waals surface area contributed by atoms with Crippen LogP contribution < -0.4 is 0 Å². The van der Waals surface area contributed by atoms with Crippen molar-refractivity contribution in [2.45, 2.75) is 31.6 Å². The maximum absolute atomic E-state index is 5.15. The summed E-state index contributed by atoms with van der Waals surface area (Å²) in [6.45, 7) is 0.774. The average Bonchev–Trinajstić information content (AvgIpc) is 3.00. The first-order valence-corrected chi connectivity index (χ1v) is 5.79. The molecule has 0 unspecified atom stereocenters. The van der Waals surface area contributed by atoms with Gasteiger partial charge in [-0.05, 0) is 31.2 Å². The molecule has 0 saturated heterocycles. The summed E-state index contributed by atoms with van der Waals surface area (Å²) in [5.74, 6) is 1.71. The molecule has 0 aromatic carbocycles. The van der Waals surface area contributed by atoms with Gasteiger partial charge in [0.1, 0.15) is 10.5 Å². The van der Waals surface area contributed by atoms with E-state index in [-0.39, 0.29) is 0 Å². The molecular formula is C11H16N2OS. The van der Waals surface area contributed by atoms with E-state index < -0.39 is 0 Å². The van der Waals surface area contributed by atoms with Gasteiger partial charge in [-0.2, -0.15) is 0 Å². The molecule has 1 fully saturated rings. The van der Waals surface area contributed by atoms with Gasteiger partial charge in [0.05, 0.1) is 0 Å². The molecule has 82 valence electrons. The Labute approximate surface area is 94.9 Å². The molecular weight excluding hydrogens is 208 g/mol. The Hall–Kier alpha value is -0.740. The Morgan fingerprint density at radius 3 is 3.07 bits per heavy atom. The van der Waals surface area contributed by atoms with Gasteiger partial charge in [0, 0.05) is 25.8 Å². The number of methoxy groups -OCH3 is 1. The van der Waals surface area contributed by atoms with E-state index in [9.17, 15) is 0 Å². The maximum Gasteiger partial charge on any atom is 0.129 e. The maximum atomic E-state index is 5.15. The third-order valence-corrected chi connectivity index (χ3v) is 2.80. The summed E-state index contributed by atoms with van der Waals surface area (Å²) in [6.07, 6.45) is 4.47. The Balaban J connectivity index is 2.06. The number of hydrogen-bond acceptors (Lipinski definition) is 3. The number of aromatic nitrogens is 2. The van der Waals surface area contributed by atoms with Crippen LogP contribution in [0.15, 0.2) is 6.07 Å². The molecule has 1 aliphatic carbocycles. The molecule has 0 atom stereocenters. The lowest BCUT2D eigenvalue weighted by Crippen LogP contribution is -2.01. The molecule has 1 aromatic rings. The molecule has 2 rings (SSSR count). The first-order chi connectivity index (χ1) is 7.29. The zero-order chi connectivity index (χ0) is 10.7. The highest BCUT2D eigenvalue weighted by molar-refractivity contribution is 7.71. The standard InChI is InChI=1S/C11H16N2OS/c1-14-6-2-3-10-12-9(8-4-5-8)7-11(15)13-10/h7-8H,2-6H2,1H3,(H,12,13,15). The number of aryl methyl sites for hydroxylation is 1. The third kappa shape index (κ3) is 3.11. The van der Waals surface area contributed by atoms with Crippen LogP contribution in [0.25, 0.3) is 0 Å². The molecule has 15 heavy (non-hydrogen) atoms. The molecule has 4 heteroatoms. The number of nitrogens with zero attached hydrogens (tertiary/aromatic N) is 1. The Morgan fingerprint density at radius 1 is 1.60 bits per heavy atom. The molecule has 1 saturated carbocycles. The lowest BCUT2D eigenvalue weighted by molar-refractivity contribution is 0.194. The SMILES string of the molecule is COCCCc1nc(=S)cc(C2CC2)[nH]1. The predicted molar refractivity (Wildman–Crippen MR) is 61.6 cm³/mol. The van der Waals surface area contributed by atoms with Crippen molar-refractivity contribution in [1.82, 2.24) is 9.97 Å². The average molecular weight is 224 g/mol. The van der Waals surface area contributed by atoms with Crippen molar-refractivity contribution in [2.75, 3.05) is 13.7 Å². The molecule has 0 bridgehead atoms. The van der Waals surface area contributed by atoms with E-state index in [0.717, 1.165) is 25.3 Å². The lowest BCUT2D eigenvalue weighted by atomic mass is 10.2. The van der Waals surface area contributed by atoms with Crippen molar-refractivity contribution < 1.29 is 4.74 Å². The Bertz CT molecular complexity index is 384. The highest BCUT2D eigenvalue weighted by Crippen LogP contribution is 2.38. The second-order valence-corrected chi connectivity index (χ2v) is 4.41. The first kappa shape index (κ1) is 10.8. The summed E-state index contributed by atoms with van der Waals surface area (Å²) in [6, 6.07) is 1.99. The van der Waals surface area contributed by atoms with Gasteiger partial charge in [0.25, 0.3) is 0 Å². The van der Waals surface area contributed by atoms with Crippen LogP contribution >= 0.6 is 12.2 Å². The molecule has 1 aromatic heterocycles. The van der Waals surface area contributed by atoms with Crippen LogP contribution in [0.4, 0.5) is 0 Å². The van der Waals surface area contributed by atoms with Crippen LogP contribution in [0.5, 0.6) is 0 Å². The summed E-state index contributed by atoms with van der Waals surface area (Å²) < 4.78 is 5.73. The van der Waals surface area contributed by atoms with Crippen molar-refractivity contribution in [3.05, 3.63) is 22.2 Å². The van der Waals surface area contributed by atoms with Crippen LogP contribution in [0.3, 0.4) is 0 Å². The predicted octanol–water partition coefficient (Wildman–Crippen LogP) is 2.60. The van der Waals surface area contributed by atoms with E-state index in [2.05, 4.69) is 9.97 Å². The Kier molecular flexibility index (Phi) is 3.49. The Morgan fingerprint density at radius 2 is 2.40 bits per heavy atom. The molecule has 3 nitrogen and oxygen atoms in total. The lowest BCUT2D eigenvalue weighted by Gasteiger charge is -2.04. The minimum atomic E-state index is 0.705. The minimum Gasteiger partial charge on any atom is -0.385 e. The summed E-state index contributed by atoms with van der Waals surface area (Å²) in [7, 11) is 1.72. The van der Waals surface area contributed by atoms with E-state index in [1.165, 1.54) is 18.5 Å². The monoisotopic (exact) mass is 224 g/mol. The highest BCUT2D eigenvalue weighted by atomic mass is 32.1. The molecule has 1 N–H and O–H groups in total. The normalized spacial score (nSPS) is 15.5. The van der Waals surface area contributed by atoms with Gasteiger partial charge in [0.2, 0.25) is 0 Å². The van der Waals surface area contributed by atoms with Gasteiger partial charge in [-0.3, -0.25) is 0 Å². The number of H-pyrrole nitrogens is 1. The van der Waals surface area contributed by atoms with Gasteiger partial charge in [-0.25, -0.2) is 4.98 Å². The van der Waals surface area contributed by atoms with Crippen LogP contribution in [0, 0.1) is 4.64 Å². The van der Waals surface area contributed by atoms with E-state index in [1.54, 1.807) is 7.11 Å². The summed E-state index contributed by atoms with van der Waals surface area (Å²) >= 11 is 5.15. The number of rotatable bonds is 5. The second kappa shape index (κ2) is 4.86. The smallest absolute Gasteiger partial charge is 0.129 e. The number of nitrogens with one attached hydrogen (secondary N) is 1. The quantitative estimate of drug-likeness (QED) is 0.617. The fourth-order valence-electron chi connectivity index (χ4n) is 1.65. The number of aromatic amines is 1. The highest BCUT2D eigenvalue weighted by Gasteiger charge is 2.24. The summed E-state index contributed by atoms with van der Waals surface area (Å²) in [5.41, 5.74) is 1.27. The molecule has 0 radical (unpaired) electrons. The molecule has 1 heterocycles. The minimum absolute atomic E-state index is 0.705. The van der Waals surface area contributed by atoms with Crippen molar-refractivity contribution in [2.24, 2.45) is 0 Å². The van der Waals surface area contributed by atoms with Crippen LogP contribution in [-0.4, -0.2) is 23.7 Å². The van der Waals surface area contributed by atoms with Gasteiger partial charge in [-0.15, -0.1) is 0 Å². The van der Waals surface area contributed by atoms with E-state index in [1.807, 2.05) is 6.07 Å². The van der Waals surface area contributed by atoms with Gasteiger partial charge >= 0.3 is 0 Å². The van der Waals surface area contributed by atoms with Crippen LogP contribution in [-0.2, 0) is 11.2 Å². The topological polar surface area (TPSA) is 37.9 Å². The summed E-state index contributed by atoms with van der Waals surface area (Å²) in [5, 5.41) is 0. The summed E-state index contributed by atoms with van der Waals surface area (Å²) in [4.78, 5) is 7.69. The molecule has 0 amide bonds. The zero-order valence-corrected chi connectivity index (χ0v) is 9.77. The van der Waals surface area contributed by atoms with Gasteiger partial charge < -0.3 is 9.72 Å². The van der Waals surface area contributed by atoms with Gasteiger partial charge in [0.15, 0.2) is 0 Å². The molecule has 0 spiro atoms. The van der Waals surface area contributed by atoms with Crippen LogP contribution in [0.1, 0.15) is 36.7 Å². The fourth-order valence-corrected chi connectivity index (χ4v) is 1.88. The van der Waals surface area contributed by atoms with Crippen molar-refractivity contribution in [3.8, 4) is 0 Å².